The molecule has 72 valence electrons. The van der Waals surface area contributed by atoms with E-state index in [1.807, 2.05) is 0 Å². The molecule has 0 radical (unpaired) electrons. The average molecular weight is 199 g/mol. The van der Waals surface area contributed by atoms with Crippen molar-refractivity contribution in [3.8, 4) is 0 Å². The van der Waals surface area contributed by atoms with Crippen LogP contribution >= 0.6 is 0 Å². The molecule has 3 rings (SSSR count). The summed E-state index contributed by atoms with van der Waals surface area (Å²) >= 11 is 0. The second kappa shape index (κ2) is 2.84. The van der Waals surface area contributed by atoms with Crippen LogP contribution < -0.4 is 5.56 Å². The lowest BCUT2D eigenvalue weighted by Crippen LogP contribution is -2.05. The summed E-state index contributed by atoms with van der Waals surface area (Å²) in [5.41, 5.74) is 1.49. The van der Waals surface area contributed by atoms with Gasteiger partial charge in [0, 0.05) is 6.07 Å². The quantitative estimate of drug-likeness (QED) is 0.507. The molecule has 0 fully saturated rings. The van der Waals surface area contributed by atoms with Crippen LogP contribution in [0.1, 0.15) is 0 Å². The molecular formula is C10H5N3O2. The van der Waals surface area contributed by atoms with E-state index in [9.17, 15) is 4.79 Å². The Balaban J connectivity index is 2.59. The van der Waals surface area contributed by atoms with Gasteiger partial charge in [0.2, 0.25) is 0 Å². The molecule has 5 nitrogen and oxygen atoms in total. The van der Waals surface area contributed by atoms with Crippen LogP contribution in [0.2, 0.25) is 0 Å². The Morgan fingerprint density at radius 2 is 2.00 bits per heavy atom. The van der Waals surface area contributed by atoms with Crippen molar-refractivity contribution < 1.29 is 4.42 Å². The third-order valence-electron chi connectivity index (χ3n) is 2.15. The van der Waals surface area contributed by atoms with E-state index in [0.29, 0.717) is 22.0 Å². The van der Waals surface area contributed by atoms with Gasteiger partial charge in [-0.3, -0.25) is 4.79 Å². The average Bonchev–Trinajstić information content (AvgIpc) is 2.27. The molecule has 2 aromatic heterocycles. The van der Waals surface area contributed by atoms with E-state index in [0.717, 1.165) is 0 Å². The van der Waals surface area contributed by atoms with Crippen molar-refractivity contribution in [1.29, 1.82) is 0 Å². The highest BCUT2D eigenvalue weighted by atomic mass is 16.3. The van der Waals surface area contributed by atoms with E-state index in [1.165, 1.54) is 18.8 Å². The minimum absolute atomic E-state index is 0.299. The van der Waals surface area contributed by atoms with E-state index in [1.54, 1.807) is 12.1 Å². The molecule has 0 spiro atoms. The lowest BCUT2D eigenvalue weighted by molar-refractivity contribution is 0.598. The molecule has 0 N–H and O–H groups in total. The lowest BCUT2D eigenvalue weighted by atomic mass is 10.2. The molecule has 2 heterocycles. The zero-order valence-electron chi connectivity index (χ0n) is 7.54. The van der Waals surface area contributed by atoms with Gasteiger partial charge in [0.15, 0.2) is 5.58 Å². The van der Waals surface area contributed by atoms with Gasteiger partial charge in [-0.05, 0) is 6.07 Å². The van der Waals surface area contributed by atoms with E-state index < -0.39 is 0 Å². The summed E-state index contributed by atoms with van der Waals surface area (Å²) in [5.74, 6) is 0. The fourth-order valence-corrected chi connectivity index (χ4v) is 1.46. The molecule has 0 atom stereocenters. The predicted molar refractivity (Wildman–Crippen MR) is 53.4 cm³/mol. The predicted octanol–water partition coefficient (Wildman–Crippen LogP) is 1.13. The van der Waals surface area contributed by atoms with Crippen molar-refractivity contribution in [3.63, 3.8) is 0 Å². The summed E-state index contributed by atoms with van der Waals surface area (Å²) in [5, 5.41) is 0.457. The molecule has 0 unspecified atom stereocenters. The first-order valence-electron chi connectivity index (χ1n) is 4.33. The van der Waals surface area contributed by atoms with Gasteiger partial charge in [0.1, 0.15) is 18.1 Å². The summed E-state index contributed by atoms with van der Waals surface area (Å²) in [6.07, 6.45) is 4.25. The Morgan fingerprint density at radius 1 is 1.07 bits per heavy atom. The van der Waals surface area contributed by atoms with Gasteiger partial charge in [-0.2, -0.15) is 4.98 Å². The second-order valence-corrected chi connectivity index (χ2v) is 3.05. The smallest absolute Gasteiger partial charge is 0.280 e. The molecule has 0 bridgehead atoms. The van der Waals surface area contributed by atoms with E-state index in [-0.39, 0.29) is 5.56 Å². The first-order chi connectivity index (χ1) is 7.34. The summed E-state index contributed by atoms with van der Waals surface area (Å²) in [6, 6.07) is 3.32. The number of hydrogen-bond donors (Lipinski definition) is 0. The third kappa shape index (κ3) is 1.17. The van der Waals surface area contributed by atoms with Gasteiger partial charge in [0.25, 0.3) is 5.56 Å². The third-order valence-corrected chi connectivity index (χ3v) is 2.15. The van der Waals surface area contributed by atoms with E-state index >= 15 is 0 Å². The summed E-state index contributed by atoms with van der Waals surface area (Å²) in [4.78, 5) is 23.1. The molecule has 5 heteroatoms. The topological polar surface area (TPSA) is 68.9 Å². The molecular weight excluding hydrogens is 194 g/mol. The SMILES string of the molecule is O=c1ncnc2cc3occnc3cc12. The van der Waals surface area contributed by atoms with Crippen molar-refractivity contribution in [1.82, 2.24) is 15.0 Å². The molecule has 1 aromatic carbocycles. The number of aromatic nitrogens is 3. The molecule has 0 amide bonds. The molecule has 0 aliphatic heterocycles. The number of nitrogens with zero attached hydrogens (tertiary/aromatic N) is 3. The monoisotopic (exact) mass is 199 g/mol. The highest BCUT2D eigenvalue weighted by Gasteiger charge is 2.04. The highest BCUT2D eigenvalue weighted by molar-refractivity contribution is 5.90. The first kappa shape index (κ1) is 8.05. The summed E-state index contributed by atoms with van der Waals surface area (Å²) < 4.78 is 5.23. The van der Waals surface area contributed by atoms with Crippen molar-refractivity contribution in [2.75, 3.05) is 0 Å². The zero-order valence-corrected chi connectivity index (χ0v) is 7.54. The van der Waals surface area contributed by atoms with Crippen molar-refractivity contribution in [2.45, 2.75) is 0 Å². The maximum Gasteiger partial charge on any atom is 0.280 e. The van der Waals surface area contributed by atoms with Crippen LogP contribution in [0, 0.1) is 0 Å². The van der Waals surface area contributed by atoms with Gasteiger partial charge in [0.05, 0.1) is 17.1 Å². The minimum Gasteiger partial charge on any atom is -0.461 e. The fraction of sp³-hybridized carbons (Fsp3) is 0. The van der Waals surface area contributed by atoms with Crippen LogP contribution in [0.15, 0.2) is 40.1 Å². The number of benzene rings is 1. The molecule has 0 aliphatic carbocycles. The van der Waals surface area contributed by atoms with E-state index in [2.05, 4.69) is 15.0 Å². The summed E-state index contributed by atoms with van der Waals surface area (Å²) in [7, 11) is 0. The molecule has 0 saturated heterocycles. The Bertz CT molecular complexity index is 705. The Labute approximate surface area is 83.4 Å². The number of hydrogen-bond acceptors (Lipinski definition) is 5. The van der Waals surface area contributed by atoms with Gasteiger partial charge in [-0.15, -0.1) is 0 Å². The highest BCUT2D eigenvalue weighted by Crippen LogP contribution is 2.16. The van der Waals surface area contributed by atoms with Crippen molar-refractivity contribution >= 4 is 22.0 Å². The van der Waals surface area contributed by atoms with Crippen LogP contribution in [-0.4, -0.2) is 15.0 Å². The molecule has 0 aliphatic rings. The van der Waals surface area contributed by atoms with Crippen LogP contribution in [0.5, 0.6) is 0 Å². The Hall–Kier alpha value is -2.30. The number of rotatable bonds is 0. The molecule has 15 heavy (non-hydrogen) atoms. The first-order valence-corrected chi connectivity index (χ1v) is 4.33. The van der Waals surface area contributed by atoms with Gasteiger partial charge in [-0.1, -0.05) is 0 Å². The zero-order chi connectivity index (χ0) is 10.3. The van der Waals surface area contributed by atoms with Crippen LogP contribution in [0.3, 0.4) is 0 Å². The van der Waals surface area contributed by atoms with Gasteiger partial charge in [-0.25, -0.2) is 9.97 Å². The van der Waals surface area contributed by atoms with Gasteiger partial charge < -0.3 is 4.42 Å². The second-order valence-electron chi connectivity index (χ2n) is 3.05. The van der Waals surface area contributed by atoms with Crippen molar-refractivity contribution in [2.24, 2.45) is 0 Å². The largest absolute Gasteiger partial charge is 0.461 e. The Kier molecular flexibility index (Phi) is 1.53. The molecule has 3 aromatic rings. The normalized spacial score (nSPS) is 10.9. The van der Waals surface area contributed by atoms with Crippen LogP contribution in [0.4, 0.5) is 0 Å². The van der Waals surface area contributed by atoms with Gasteiger partial charge >= 0.3 is 0 Å². The van der Waals surface area contributed by atoms with Crippen LogP contribution in [0.25, 0.3) is 22.0 Å². The lowest BCUT2D eigenvalue weighted by Gasteiger charge is -1.97. The maximum absolute atomic E-state index is 11.4. The van der Waals surface area contributed by atoms with Crippen LogP contribution in [-0.2, 0) is 0 Å². The molecule has 0 saturated carbocycles. The Morgan fingerprint density at radius 3 is 2.93 bits per heavy atom. The number of fused-ring (bicyclic) bond motifs is 2. The van der Waals surface area contributed by atoms with Crippen molar-refractivity contribution in [3.05, 3.63) is 41.3 Å². The summed E-state index contributed by atoms with van der Waals surface area (Å²) in [6.45, 7) is 0. The van der Waals surface area contributed by atoms with E-state index in [4.69, 9.17) is 4.42 Å². The minimum atomic E-state index is -0.299. The standard InChI is InChI=1S/C10H5N3O2/c14-10-6-3-8-9(15-2-1-11-8)4-7(6)12-5-13-10/h1-5H. The fourth-order valence-electron chi connectivity index (χ4n) is 1.46. The maximum atomic E-state index is 11.4.